The number of hydrogen-bond donors (Lipinski definition) is 2. The summed E-state index contributed by atoms with van der Waals surface area (Å²) in [6.45, 7) is 6.25. The number of rotatable bonds is 8. The Morgan fingerprint density at radius 2 is 1.80 bits per heavy atom. The molecule has 1 aliphatic heterocycles. The van der Waals surface area contributed by atoms with Gasteiger partial charge in [-0.15, -0.1) is 0 Å². The van der Waals surface area contributed by atoms with Gasteiger partial charge in [0.25, 0.3) is 5.91 Å². The van der Waals surface area contributed by atoms with Crippen molar-refractivity contribution < 1.29 is 14.3 Å². The highest BCUT2D eigenvalue weighted by Gasteiger charge is 2.19. The fourth-order valence-corrected chi connectivity index (χ4v) is 3.46. The molecule has 0 radical (unpaired) electrons. The third kappa shape index (κ3) is 5.23. The first-order valence-corrected chi connectivity index (χ1v) is 10.2. The largest absolute Gasteiger partial charge is 0.496 e. The Hall–Kier alpha value is -3.22. The van der Waals surface area contributed by atoms with Crippen molar-refractivity contribution in [2.24, 2.45) is 5.10 Å². The summed E-state index contributed by atoms with van der Waals surface area (Å²) < 4.78 is 11.1. The first kappa shape index (κ1) is 21.5. The van der Waals surface area contributed by atoms with Crippen molar-refractivity contribution in [3.05, 3.63) is 47.0 Å². The average Bonchev–Trinajstić information content (AvgIpc) is 3.29. The van der Waals surface area contributed by atoms with Gasteiger partial charge in [0.15, 0.2) is 0 Å². The van der Waals surface area contributed by atoms with Gasteiger partial charge in [-0.1, -0.05) is 6.07 Å². The number of carbonyl (C=O) groups excluding carboxylic acids is 1. The Bertz CT molecular complexity index is 921. The van der Waals surface area contributed by atoms with Gasteiger partial charge in [-0.3, -0.25) is 4.79 Å². The Morgan fingerprint density at radius 1 is 1.07 bits per heavy atom. The number of carbonyl (C=O) groups is 1. The van der Waals surface area contributed by atoms with Crippen LogP contribution in [-0.4, -0.2) is 46.0 Å². The average molecular weight is 411 g/mol. The number of ether oxygens (including phenoxy) is 2. The molecule has 1 aliphatic rings. The lowest BCUT2D eigenvalue weighted by Gasteiger charge is -2.22. The van der Waals surface area contributed by atoms with E-state index in [-0.39, 0.29) is 12.5 Å². The summed E-state index contributed by atoms with van der Waals surface area (Å²) in [4.78, 5) is 14.4. The van der Waals surface area contributed by atoms with Crippen LogP contribution in [0.1, 0.15) is 29.5 Å². The number of nitrogens with zero attached hydrogens (tertiary/aromatic N) is 2. The van der Waals surface area contributed by atoms with Crippen LogP contribution in [0.5, 0.6) is 11.5 Å². The van der Waals surface area contributed by atoms with Crippen LogP contribution >= 0.6 is 0 Å². The molecular formula is C23H30N4O3. The van der Waals surface area contributed by atoms with Crippen LogP contribution in [-0.2, 0) is 4.79 Å². The predicted octanol–water partition coefficient (Wildman–Crippen LogP) is 3.48. The topological polar surface area (TPSA) is 75.2 Å². The second kappa shape index (κ2) is 10.0. The summed E-state index contributed by atoms with van der Waals surface area (Å²) in [6, 6.07) is 9.85. The minimum Gasteiger partial charge on any atom is -0.496 e. The summed E-state index contributed by atoms with van der Waals surface area (Å²) in [7, 11) is 3.28. The smallest absolute Gasteiger partial charge is 0.259 e. The van der Waals surface area contributed by atoms with E-state index < -0.39 is 0 Å². The number of methoxy groups -OCH3 is 2. The molecule has 160 valence electrons. The summed E-state index contributed by atoms with van der Waals surface area (Å²) in [6.07, 6.45) is 3.93. The standard InChI is InChI=1S/C23H30N4O3/c1-16-7-8-19(11-17(16)2)24-15-23(28)26-25-14-18-12-22(30-4)20(13-21(18)29-3)27-9-5-6-10-27/h7-8,11-14,24H,5-6,9-10,15H2,1-4H3,(H,26,28)/b25-14-. The van der Waals surface area contributed by atoms with E-state index >= 15 is 0 Å². The number of anilines is 2. The third-order valence-electron chi connectivity index (χ3n) is 5.33. The molecule has 30 heavy (non-hydrogen) atoms. The minimum absolute atomic E-state index is 0.133. The van der Waals surface area contributed by atoms with Gasteiger partial charge in [-0.2, -0.15) is 5.10 Å². The molecule has 1 amide bonds. The molecule has 0 aromatic heterocycles. The van der Waals surface area contributed by atoms with Crippen LogP contribution in [0.4, 0.5) is 11.4 Å². The molecule has 7 nitrogen and oxygen atoms in total. The van der Waals surface area contributed by atoms with Crippen molar-refractivity contribution in [3.63, 3.8) is 0 Å². The van der Waals surface area contributed by atoms with Gasteiger partial charge >= 0.3 is 0 Å². The molecule has 0 aliphatic carbocycles. The second-order valence-electron chi connectivity index (χ2n) is 7.41. The Labute approximate surface area is 178 Å². The highest BCUT2D eigenvalue weighted by Crippen LogP contribution is 2.36. The molecule has 0 bridgehead atoms. The number of hydrogen-bond acceptors (Lipinski definition) is 6. The van der Waals surface area contributed by atoms with E-state index in [4.69, 9.17) is 9.47 Å². The van der Waals surface area contributed by atoms with Gasteiger partial charge in [0, 0.05) is 30.4 Å². The van der Waals surface area contributed by atoms with E-state index in [9.17, 15) is 4.79 Å². The Morgan fingerprint density at radius 3 is 2.47 bits per heavy atom. The van der Waals surface area contributed by atoms with Crippen LogP contribution in [0.25, 0.3) is 0 Å². The fraction of sp³-hybridized carbons (Fsp3) is 0.391. The molecule has 7 heteroatoms. The molecule has 0 unspecified atom stereocenters. The molecule has 2 aromatic carbocycles. The van der Waals surface area contributed by atoms with E-state index in [1.54, 1.807) is 20.4 Å². The zero-order valence-electron chi connectivity index (χ0n) is 18.1. The molecule has 1 heterocycles. The van der Waals surface area contributed by atoms with E-state index in [1.807, 2.05) is 37.3 Å². The zero-order valence-corrected chi connectivity index (χ0v) is 18.1. The maximum absolute atomic E-state index is 12.1. The summed E-state index contributed by atoms with van der Waals surface area (Å²) in [5.74, 6) is 1.22. The van der Waals surface area contributed by atoms with Gasteiger partial charge in [-0.05, 0) is 56.0 Å². The van der Waals surface area contributed by atoms with Crippen molar-refractivity contribution >= 4 is 23.5 Å². The minimum atomic E-state index is -0.232. The number of hydrazone groups is 1. The monoisotopic (exact) mass is 410 g/mol. The summed E-state index contributed by atoms with van der Waals surface area (Å²) >= 11 is 0. The van der Waals surface area contributed by atoms with E-state index in [2.05, 4.69) is 27.7 Å². The summed E-state index contributed by atoms with van der Waals surface area (Å²) in [5, 5.41) is 7.19. The van der Waals surface area contributed by atoms with Crippen molar-refractivity contribution in [2.45, 2.75) is 26.7 Å². The zero-order chi connectivity index (χ0) is 21.5. The first-order chi connectivity index (χ1) is 14.5. The predicted molar refractivity (Wildman–Crippen MR) is 121 cm³/mol. The molecular weight excluding hydrogens is 380 g/mol. The third-order valence-corrected chi connectivity index (χ3v) is 5.33. The van der Waals surface area contributed by atoms with Crippen LogP contribution in [0.3, 0.4) is 0 Å². The van der Waals surface area contributed by atoms with E-state index in [0.29, 0.717) is 5.75 Å². The maximum atomic E-state index is 12.1. The SMILES string of the molecule is COc1cc(N2CCCC2)c(OC)cc1/C=N\NC(=O)CNc1ccc(C)c(C)c1. The lowest BCUT2D eigenvalue weighted by Crippen LogP contribution is -2.26. The van der Waals surface area contributed by atoms with Crippen LogP contribution in [0.15, 0.2) is 35.4 Å². The normalized spacial score (nSPS) is 13.5. The van der Waals surface area contributed by atoms with Crippen molar-refractivity contribution in [3.8, 4) is 11.5 Å². The number of amides is 1. The van der Waals surface area contributed by atoms with Gasteiger partial charge in [0.2, 0.25) is 0 Å². The Kier molecular flexibility index (Phi) is 7.17. The van der Waals surface area contributed by atoms with Gasteiger partial charge in [0.05, 0.1) is 32.7 Å². The van der Waals surface area contributed by atoms with Crippen LogP contribution < -0.4 is 25.1 Å². The van der Waals surface area contributed by atoms with E-state index in [1.165, 1.54) is 24.0 Å². The lowest BCUT2D eigenvalue weighted by molar-refractivity contribution is -0.119. The van der Waals surface area contributed by atoms with Crippen molar-refractivity contribution in [2.75, 3.05) is 44.1 Å². The maximum Gasteiger partial charge on any atom is 0.259 e. The van der Waals surface area contributed by atoms with E-state index in [0.717, 1.165) is 35.8 Å². The molecule has 2 N–H and O–H groups in total. The molecule has 1 saturated heterocycles. The van der Waals surface area contributed by atoms with Gasteiger partial charge in [0.1, 0.15) is 11.5 Å². The van der Waals surface area contributed by atoms with Crippen LogP contribution in [0.2, 0.25) is 0 Å². The highest BCUT2D eigenvalue weighted by molar-refractivity contribution is 5.88. The highest BCUT2D eigenvalue weighted by atomic mass is 16.5. The number of aryl methyl sites for hydroxylation is 2. The quantitative estimate of drug-likeness (QED) is 0.515. The second-order valence-corrected chi connectivity index (χ2v) is 7.41. The van der Waals surface area contributed by atoms with Crippen molar-refractivity contribution in [1.29, 1.82) is 0 Å². The number of nitrogens with one attached hydrogen (secondary N) is 2. The Balaban J connectivity index is 1.63. The molecule has 1 fully saturated rings. The lowest BCUT2D eigenvalue weighted by atomic mass is 10.1. The molecule has 0 spiro atoms. The fourth-order valence-electron chi connectivity index (χ4n) is 3.46. The molecule has 0 saturated carbocycles. The van der Waals surface area contributed by atoms with Gasteiger partial charge < -0.3 is 19.7 Å². The first-order valence-electron chi connectivity index (χ1n) is 10.2. The summed E-state index contributed by atoms with van der Waals surface area (Å²) in [5.41, 5.74) is 7.60. The molecule has 0 atom stereocenters. The molecule has 3 rings (SSSR count). The molecule has 2 aromatic rings. The van der Waals surface area contributed by atoms with Crippen molar-refractivity contribution in [1.82, 2.24) is 5.43 Å². The van der Waals surface area contributed by atoms with Crippen LogP contribution in [0, 0.1) is 13.8 Å². The van der Waals surface area contributed by atoms with Gasteiger partial charge in [-0.25, -0.2) is 5.43 Å². The number of benzene rings is 2.